The minimum Gasteiger partial charge on any atom is -0.289 e. The molecule has 94 valence electrons. The fourth-order valence-electron chi connectivity index (χ4n) is 3.63. The van der Waals surface area contributed by atoms with Gasteiger partial charge in [-0.05, 0) is 25.7 Å². The average molecular weight is 235 g/mol. The molecule has 3 rings (SSSR count). The first kappa shape index (κ1) is 11.1. The lowest BCUT2D eigenvalue weighted by atomic mass is 10.1. The van der Waals surface area contributed by atoms with Crippen LogP contribution in [0.1, 0.15) is 74.9 Å². The summed E-state index contributed by atoms with van der Waals surface area (Å²) in [6.07, 6.45) is 10.4. The lowest BCUT2D eigenvalue weighted by molar-refractivity contribution is -0.658. The van der Waals surface area contributed by atoms with Gasteiger partial charge in [-0.3, -0.25) is 5.84 Å². The topological polar surface area (TPSA) is 47.7 Å². The van der Waals surface area contributed by atoms with Crippen LogP contribution in [0.15, 0.2) is 0 Å². The van der Waals surface area contributed by atoms with Gasteiger partial charge in [0.2, 0.25) is 0 Å². The third-order valence-electron chi connectivity index (χ3n) is 4.52. The van der Waals surface area contributed by atoms with Gasteiger partial charge < -0.3 is 0 Å². The number of hydrogen-bond donors (Lipinski definition) is 1. The summed E-state index contributed by atoms with van der Waals surface area (Å²) in [7, 11) is 2.05. The van der Waals surface area contributed by atoms with Crippen molar-refractivity contribution in [2.45, 2.75) is 63.2 Å². The largest absolute Gasteiger partial charge is 0.302 e. The fourth-order valence-corrected chi connectivity index (χ4v) is 3.63. The zero-order chi connectivity index (χ0) is 11.8. The first-order valence-electron chi connectivity index (χ1n) is 7.01. The molecule has 1 aromatic heterocycles. The number of hydrogen-bond acceptors (Lipinski definition) is 2. The van der Waals surface area contributed by atoms with Crippen molar-refractivity contribution in [1.29, 1.82) is 0 Å². The second-order valence-corrected chi connectivity index (χ2v) is 5.67. The monoisotopic (exact) mass is 235 g/mol. The predicted molar refractivity (Wildman–Crippen MR) is 66.0 cm³/mol. The Balaban J connectivity index is 1.93. The SMILES string of the molecule is Cn1nc(C2CCCC2)[n+](N)c1C1CCCC1. The standard InChI is InChI=1S/C13H23N4/c1-16-13(11-8-4-5-9-11)17(14)12(15-16)10-6-2-3-7-10/h10-11H,2-9,14H2,1H3/q+1. The Labute approximate surface area is 103 Å². The molecule has 4 heteroatoms. The number of rotatable bonds is 2. The Bertz CT molecular complexity index is 398. The third-order valence-corrected chi connectivity index (χ3v) is 4.52. The van der Waals surface area contributed by atoms with Crippen molar-refractivity contribution in [2.75, 3.05) is 5.84 Å². The van der Waals surface area contributed by atoms with Crippen LogP contribution in [0.2, 0.25) is 0 Å². The van der Waals surface area contributed by atoms with E-state index in [0.29, 0.717) is 11.8 Å². The molecule has 0 radical (unpaired) electrons. The molecule has 0 atom stereocenters. The minimum atomic E-state index is 0.598. The maximum absolute atomic E-state index is 6.30. The van der Waals surface area contributed by atoms with Crippen molar-refractivity contribution >= 4 is 0 Å². The van der Waals surface area contributed by atoms with Gasteiger partial charge in [-0.15, -0.1) is 9.36 Å². The summed E-state index contributed by atoms with van der Waals surface area (Å²) >= 11 is 0. The van der Waals surface area contributed by atoms with E-state index in [1.807, 2.05) is 9.36 Å². The predicted octanol–water partition coefficient (Wildman–Crippen LogP) is 1.74. The van der Waals surface area contributed by atoms with Crippen LogP contribution in [-0.4, -0.2) is 9.78 Å². The van der Waals surface area contributed by atoms with Crippen LogP contribution >= 0.6 is 0 Å². The Morgan fingerprint density at radius 3 is 2.18 bits per heavy atom. The van der Waals surface area contributed by atoms with Crippen molar-refractivity contribution in [3.63, 3.8) is 0 Å². The molecule has 2 aliphatic rings. The molecule has 0 aromatic carbocycles. The molecule has 2 aliphatic carbocycles. The van der Waals surface area contributed by atoms with Gasteiger partial charge in [0.15, 0.2) is 0 Å². The van der Waals surface area contributed by atoms with Crippen molar-refractivity contribution in [1.82, 2.24) is 9.78 Å². The van der Waals surface area contributed by atoms with Crippen molar-refractivity contribution in [3.8, 4) is 0 Å². The van der Waals surface area contributed by atoms with E-state index in [4.69, 9.17) is 10.9 Å². The lowest BCUT2D eigenvalue weighted by Crippen LogP contribution is -2.51. The van der Waals surface area contributed by atoms with Crippen LogP contribution in [0.4, 0.5) is 0 Å². The molecule has 0 unspecified atom stereocenters. The van der Waals surface area contributed by atoms with Crippen LogP contribution < -0.4 is 10.5 Å². The molecule has 1 aromatic rings. The summed E-state index contributed by atoms with van der Waals surface area (Å²) in [6, 6.07) is 0. The van der Waals surface area contributed by atoms with Gasteiger partial charge in [-0.1, -0.05) is 25.7 Å². The molecule has 0 amide bonds. The first-order valence-corrected chi connectivity index (χ1v) is 7.01. The molecular weight excluding hydrogens is 212 g/mol. The molecule has 0 aliphatic heterocycles. The zero-order valence-electron chi connectivity index (χ0n) is 10.7. The van der Waals surface area contributed by atoms with Gasteiger partial charge in [0.05, 0.1) is 18.9 Å². The van der Waals surface area contributed by atoms with Gasteiger partial charge in [-0.2, -0.15) is 0 Å². The number of nitrogens with zero attached hydrogens (tertiary/aromatic N) is 3. The van der Waals surface area contributed by atoms with E-state index in [2.05, 4.69) is 7.05 Å². The van der Waals surface area contributed by atoms with E-state index in [-0.39, 0.29) is 0 Å². The van der Waals surface area contributed by atoms with Crippen molar-refractivity contribution in [3.05, 3.63) is 11.6 Å². The minimum absolute atomic E-state index is 0.598. The first-order chi connectivity index (χ1) is 8.27. The van der Waals surface area contributed by atoms with E-state index in [1.165, 1.54) is 57.2 Å². The summed E-state index contributed by atoms with van der Waals surface area (Å²) in [5, 5.41) is 4.69. The molecule has 2 fully saturated rings. The summed E-state index contributed by atoms with van der Waals surface area (Å²) in [5.41, 5.74) is 0. The lowest BCUT2D eigenvalue weighted by Gasteiger charge is -2.06. The highest BCUT2D eigenvalue weighted by atomic mass is 15.5. The van der Waals surface area contributed by atoms with Crippen LogP contribution in [0.5, 0.6) is 0 Å². The molecule has 0 spiro atoms. The van der Waals surface area contributed by atoms with Crippen LogP contribution in [0.25, 0.3) is 0 Å². The van der Waals surface area contributed by atoms with Gasteiger partial charge in [-0.25, -0.2) is 0 Å². The number of nitrogens with two attached hydrogens (primary N) is 1. The van der Waals surface area contributed by atoms with Crippen molar-refractivity contribution < 1.29 is 4.68 Å². The van der Waals surface area contributed by atoms with Gasteiger partial charge in [0.25, 0.3) is 5.82 Å². The van der Waals surface area contributed by atoms with Gasteiger partial charge in [0, 0.05) is 5.10 Å². The zero-order valence-corrected chi connectivity index (χ0v) is 10.7. The van der Waals surface area contributed by atoms with Crippen molar-refractivity contribution in [2.24, 2.45) is 7.05 Å². The second-order valence-electron chi connectivity index (χ2n) is 5.67. The molecule has 1 heterocycles. The molecule has 2 saturated carbocycles. The smallest absolute Gasteiger partial charge is 0.289 e. The van der Waals surface area contributed by atoms with Gasteiger partial charge >= 0.3 is 5.82 Å². The summed E-state index contributed by atoms with van der Waals surface area (Å²) in [4.78, 5) is 0. The number of aromatic nitrogens is 3. The maximum Gasteiger partial charge on any atom is 0.302 e. The number of aryl methyl sites for hydroxylation is 1. The van der Waals surface area contributed by atoms with E-state index in [0.717, 1.165) is 5.82 Å². The van der Waals surface area contributed by atoms with Crippen LogP contribution in [-0.2, 0) is 7.05 Å². The maximum atomic E-state index is 6.30. The normalized spacial score (nSPS) is 22.6. The van der Waals surface area contributed by atoms with E-state index < -0.39 is 0 Å². The third kappa shape index (κ3) is 1.83. The fraction of sp³-hybridized carbons (Fsp3) is 0.846. The molecular formula is C13H23N4+. The summed E-state index contributed by atoms with van der Waals surface area (Å²) < 4.78 is 3.94. The average Bonchev–Trinajstić information content (AvgIpc) is 2.99. The van der Waals surface area contributed by atoms with E-state index in [9.17, 15) is 0 Å². The Kier molecular flexibility index (Phi) is 2.81. The quantitative estimate of drug-likeness (QED) is 0.627. The highest BCUT2D eigenvalue weighted by molar-refractivity contribution is 4.98. The molecule has 17 heavy (non-hydrogen) atoms. The Morgan fingerprint density at radius 1 is 1.06 bits per heavy atom. The van der Waals surface area contributed by atoms with Crippen LogP contribution in [0.3, 0.4) is 0 Å². The number of nitrogen functional groups attached to an aromatic ring is 1. The summed E-state index contributed by atoms with van der Waals surface area (Å²) in [6.45, 7) is 0. The van der Waals surface area contributed by atoms with Gasteiger partial charge in [0.1, 0.15) is 0 Å². The highest BCUT2D eigenvalue weighted by Crippen LogP contribution is 2.35. The van der Waals surface area contributed by atoms with E-state index >= 15 is 0 Å². The Morgan fingerprint density at radius 2 is 1.59 bits per heavy atom. The second kappa shape index (κ2) is 4.31. The Hall–Kier alpha value is -1.06. The summed E-state index contributed by atoms with van der Waals surface area (Å²) in [5.74, 6) is 9.89. The molecule has 0 saturated heterocycles. The highest BCUT2D eigenvalue weighted by Gasteiger charge is 2.35. The van der Waals surface area contributed by atoms with E-state index in [1.54, 1.807) is 0 Å². The molecule has 2 N–H and O–H groups in total. The van der Waals surface area contributed by atoms with Crippen LogP contribution in [0, 0.1) is 0 Å². The molecule has 4 nitrogen and oxygen atoms in total. The molecule has 0 bridgehead atoms.